The normalized spacial score (nSPS) is 11.0. The van der Waals surface area contributed by atoms with Gasteiger partial charge >= 0.3 is 0 Å². The lowest BCUT2D eigenvalue weighted by Gasteiger charge is -1.99. The van der Waals surface area contributed by atoms with Crippen molar-refractivity contribution in [2.45, 2.75) is 9.99 Å². The Morgan fingerprint density at radius 1 is 1.16 bits per heavy atom. The largest absolute Gasteiger partial charge is 0.447 e. The van der Waals surface area contributed by atoms with Crippen LogP contribution >= 0.6 is 27.7 Å². The van der Waals surface area contributed by atoms with Gasteiger partial charge in [0, 0.05) is 16.5 Å². The number of rotatable bonds is 5. The summed E-state index contributed by atoms with van der Waals surface area (Å²) in [5.41, 5.74) is 2.53. The zero-order valence-corrected chi connectivity index (χ0v) is 15.2. The van der Waals surface area contributed by atoms with Crippen LogP contribution < -0.4 is 5.43 Å². The minimum Gasteiger partial charge on any atom is -0.447 e. The van der Waals surface area contributed by atoms with E-state index in [2.05, 4.69) is 26.5 Å². The molecule has 0 spiro atoms. The van der Waals surface area contributed by atoms with Crippen molar-refractivity contribution in [2.75, 3.05) is 0 Å². The maximum Gasteiger partial charge on any atom is 0.271 e. The van der Waals surface area contributed by atoms with Crippen molar-refractivity contribution in [2.24, 2.45) is 5.10 Å². The number of nitrogens with one attached hydrogen (secondary N) is 1. The number of amides is 1. The fraction of sp³-hybridized carbons (Fsp3) is 0. The van der Waals surface area contributed by atoms with Crippen LogP contribution in [-0.4, -0.2) is 12.1 Å². The Morgan fingerprint density at radius 2 is 1.96 bits per heavy atom. The van der Waals surface area contributed by atoms with Gasteiger partial charge in [0.25, 0.3) is 5.91 Å². The molecule has 126 valence electrons. The molecule has 0 aliphatic heterocycles. The molecule has 0 aliphatic rings. The van der Waals surface area contributed by atoms with E-state index in [1.807, 2.05) is 30.3 Å². The Kier molecular flexibility index (Phi) is 5.67. The number of nitrogens with zero attached hydrogens (tertiary/aromatic N) is 1. The summed E-state index contributed by atoms with van der Waals surface area (Å²) in [6, 6.07) is 16.9. The minimum absolute atomic E-state index is 0.193. The Hall–Kier alpha value is -2.38. The monoisotopic (exact) mass is 418 g/mol. The summed E-state index contributed by atoms with van der Waals surface area (Å²) in [5, 5.41) is 4.52. The van der Waals surface area contributed by atoms with Gasteiger partial charge in [0.05, 0.1) is 10.7 Å². The van der Waals surface area contributed by atoms with E-state index < -0.39 is 11.7 Å². The van der Waals surface area contributed by atoms with E-state index in [0.29, 0.717) is 10.9 Å². The van der Waals surface area contributed by atoms with Gasteiger partial charge in [-0.15, -0.1) is 0 Å². The van der Waals surface area contributed by atoms with Crippen LogP contribution in [0.25, 0.3) is 0 Å². The second kappa shape index (κ2) is 8.13. The maximum atomic E-state index is 13.1. The molecule has 0 saturated carbocycles. The number of hydrazone groups is 1. The highest BCUT2D eigenvalue weighted by molar-refractivity contribution is 9.10. The van der Waals surface area contributed by atoms with E-state index in [-0.39, 0.29) is 5.56 Å². The maximum absolute atomic E-state index is 13.1. The highest BCUT2D eigenvalue weighted by atomic mass is 79.9. The molecule has 2 aromatic carbocycles. The molecule has 3 aromatic rings. The van der Waals surface area contributed by atoms with Gasteiger partial charge in [-0.1, -0.05) is 36.0 Å². The van der Waals surface area contributed by atoms with Crippen LogP contribution in [0.5, 0.6) is 0 Å². The van der Waals surface area contributed by atoms with E-state index in [4.69, 9.17) is 4.42 Å². The van der Waals surface area contributed by atoms with Crippen molar-refractivity contribution in [3.8, 4) is 0 Å². The highest BCUT2D eigenvalue weighted by Gasteiger charge is 2.10. The van der Waals surface area contributed by atoms with Crippen LogP contribution in [0, 0.1) is 5.82 Å². The SMILES string of the molecule is O=C(N/N=C\c1cc(Br)c(Sc2ccccc2)o1)c1cccc(F)c1. The van der Waals surface area contributed by atoms with Gasteiger partial charge in [-0.3, -0.25) is 4.79 Å². The molecule has 4 nitrogen and oxygen atoms in total. The lowest BCUT2D eigenvalue weighted by Crippen LogP contribution is -2.17. The smallest absolute Gasteiger partial charge is 0.271 e. The quantitative estimate of drug-likeness (QED) is 0.463. The van der Waals surface area contributed by atoms with Gasteiger partial charge in [0.15, 0.2) is 5.09 Å². The fourth-order valence-electron chi connectivity index (χ4n) is 1.95. The Labute approximate surface area is 156 Å². The van der Waals surface area contributed by atoms with Crippen LogP contribution in [0.15, 0.2) is 84.6 Å². The third-order valence-corrected chi connectivity index (χ3v) is 4.92. The van der Waals surface area contributed by atoms with E-state index in [1.54, 1.807) is 6.07 Å². The van der Waals surface area contributed by atoms with E-state index in [1.165, 1.54) is 36.2 Å². The summed E-state index contributed by atoms with van der Waals surface area (Å²) in [6.07, 6.45) is 1.39. The number of furan rings is 1. The predicted octanol–water partition coefficient (Wildman–Crippen LogP) is 5.10. The van der Waals surface area contributed by atoms with Crippen molar-refractivity contribution in [3.63, 3.8) is 0 Å². The van der Waals surface area contributed by atoms with Crippen LogP contribution in [0.4, 0.5) is 4.39 Å². The predicted molar refractivity (Wildman–Crippen MR) is 98.4 cm³/mol. The average Bonchev–Trinajstić information content (AvgIpc) is 2.95. The molecule has 0 fully saturated rings. The summed E-state index contributed by atoms with van der Waals surface area (Å²) in [6.45, 7) is 0. The molecule has 1 aromatic heterocycles. The van der Waals surface area contributed by atoms with Crippen LogP contribution in [0.1, 0.15) is 16.1 Å². The van der Waals surface area contributed by atoms with Crippen LogP contribution in [0.3, 0.4) is 0 Å². The molecule has 7 heteroatoms. The van der Waals surface area contributed by atoms with Gasteiger partial charge in [0.2, 0.25) is 0 Å². The molecule has 0 bridgehead atoms. The topological polar surface area (TPSA) is 54.6 Å². The molecule has 0 radical (unpaired) electrons. The molecule has 0 unspecified atom stereocenters. The lowest BCUT2D eigenvalue weighted by atomic mass is 10.2. The zero-order chi connectivity index (χ0) is 17.6. The van der Waals surface area contributed by atoms with Gasteiger partial charge in [-0.05, 0) is 46.3 Å². The molecule has 0 atom stereocenters. The molecule has 3 rings (SSSR count). The Morgan fingerprint density at radius 3 is 2.72 bits per heavy atom. The Balaban J connectivity index is 1.64. The molecule has 0 aliphatic carbocycles. The van der Waals surface area contributed by atoms with E-state index in [9.17, 15) is 9.18 Å². The lowest BCUT2D eigenvalue weighted by molar-refractivity contribution is 0.0954. The first kappa shape index (κ1) is 17.4. The standard InChI is InChI=1S/C18H12BrFN2O2S/c19-16-10-14(24-18(16)25-15-7-2-1-3-8-15)11-21-22-17(23)12-5-4-6-13(20)9-12/h1-11H,(H,22,23)/b21-11-. The number of benzene rings is 2. The first-order chi connectivity index (χ1) is 12.1. The minimum atomic E-state index is -0.500. The van der Waals surface area contributed by atoms with Gasteiger partial charge in [-0.25, -0.2) is 9.82 Å². The fourth-order valence-corrected chi connectivity index (χ4v) is 3.30. The van der Waals surface area contributed by atoms with Crippen molar-refractivity contribution < 1.29 is 13.6 Å². The molecule has 1 heterocycles. The van der Waals surface area contributed by atoms with Crippen LogP contribution in [0.2, 0.25) is 0 Å². The van der Waals surface area contributed by atoms with Gasteiger partial charge in [0.1, 0.15) is 11.6 Å². The second-order valence-electron chi connectivity index (χ2n) is 4.91. The number of carbonyl (C=O) groups is 1. The summed E-state index contributed by atoms with van der Waals surface area (Å²) < 4.78 is 19.6. The summed E-state index contributed by atoms with van der Waals surface area (Å²) in [5.74, 6) is -0.501. The number of halogens is 2. The van der Waals surface area contributed by atoms with Crippen molar-refractivity contribution in [3.05, 3.63) is 82.3 Å². The average molecular weight is 419 g/mol. The third-order valence-electron chi connectivity index (χ3n) is 3.07. The van der Waals surface area contributed by atoms with E-state index >= 15 is 0 Å². The Bertz CT molecular complexity index is 912. The summed E-state index contributed by atoms with van der Waals surface area (Å²) >= 11 is 4.90. The van der Waals surface area contributed by atoms with Gasteiger partial charge < -0.3 is 4.42 Å². The second-order valence-corrected chi connectivity index (χ2v) is 6.81. The summed E-state index contributed by atoms with van der Waals surface area (Å²) in [7, 11) is 0. The molecule has 0 saturated heterocycles. The first-order valence-electron chi connectivity index (χ1n) is 7.23. The first-order valence-corrected chi connectivity index (χ1v) is 8.84. The van der Waals surface area contributed by atoms with Crippen molar-refractivity contribution in [1.82, 2.24) is 5.43 Å². The number of hydrogen-bond acceptors (Lipinski definition) is 4. The number of hydrogen-bond donors (Lipinski definition) is 1. The third kappa shape index (κ3) is 4.80. The highest BCUT2D eigenvalue weighted by Crippen LogP contribution is 2.35. The molecular formula is C18H12BrFN2O2S. The molecule has 1 amide bonds. The van der Waals surface area contributed by atoms with E-state index in [0.717, 1.165) is 15.4 Å². The molecule has 25 heavy (non-hydrogen) atoms. The van der Waals surface area contributed by atoms with Crippen molar-refractivity contribution >= 4 is 39.8 Å². The van der Waals surface area contributed by atoms with Crippen molar-refractivity contribution in [1.29, 1.82) is 0 Å². The number of carbonyl (C=O) groups excluding carboxylic acids is 1. The molecule has 1 N–H and O–H groups in total. The molecular weight excluding hydrogens is 407 g/mol. The van der Waals surface area contributed by atoms with Crippen LogP contribution in [-0.2, 0) is 0 Å². The zero-order valence-electron chi connectivity index (χ0n) is 12.8. The van der Waals surface area contributed by atoms with Gasteiger partial charge in [-0.2, -0.15) is 5.10 Å². The summed E-state index contributed by atoms with van der Waals surface area (Å²) in [4.78, 5) is 12.9.